The Labute approximate surface area is 124 Å². The Kier molecular flexibility index (Phi) is 7.19. The second-order valence-corrected chi connectivity index (χ2v) is 5.91. The summed E-state index contributed by atoms with van der Waals surface area (Å²) in [5, 5.41) is 25.8. The van der Waals surface area contributed by atoms with Gasteiger partial charge in [0.15, 0.2) is 0 Å². The lowest BCUT2D eigenvalue weighted by atomic mass is 9.81. The number of carbonyl (C=O) groups is 3. The third-order valence-electron chi connectivity index (χ3n) is 4.33. The minimum Gasteiger partial charge on any atom is -0.481 e. The van der Waals surface area contributed by atoms with Crippen LogP contribution in [0, 0.1) is 17.8 Å². The molecule has 6 heteroatoms. The molecular formula is C15H24O6. The van der Waals surface area contributed by atoms with Gasteiger partial charge < -0.3 is 15.3 Å². The molecule has 6 nitrogen and oxygen atoms in total. The summed E-state index contributed by atoms with van der Waals surface area (Å²) in [5.74, 6) is -3.24. The van der Waals surface area contributed by atoms with Crippen LogP contribution in [0.15, 0.2) is 0 Å². The fraction of sp³-hybridized carbons (Fsp3) is 0.800. The van der Waals surface area contributed by atoms with E-state index in [0.717, 1.165) is 25.7 Å². The van der Waals surface area contributed by atoms with Crippen LogP contribution in [0.4, 0.5) is 0 Å². The predicted octanol–water partition coefficient (Wildman–Crippen LogP) is 2.61. The standard InChI is InChI=1S/C8H12O4.C7H12O2/c9-7(10)5-2-1-3-6(4-5)8(11)12;8-7(9)6-4-2-1-3-5-6/h5-6H,1-4H2,(H,9,10)(H,11,12);6H,1-5H2,(H,8,9)/t5-,6-;/m0./s1. The van der Waals surface area contributed by atoms with Gasteiger partial charge in [-0.1, -0.05) is 25.7 Å². The van der Waals surface area contributed by atoms with Crippen molar-refractivity contribution in [2.24, 2.45) is 17.8 Å². The highest BCUT2D eigenvalue weighted by Gasteiger charge is 2.30. The van der Waals surface area contributed by atoms with Crippen molar-refractivity contribution < 1.29 is 29.7 Å². The van der Waals surface area contributed by atoms with Crippen LogP contribution in [0.5, 0.6) is 0 Å². The van der Waals surface area contributed by atoms with E-state index in [1.165, 1.54) is 6.42 Å². The van der Waals surface area contributed by atoms with E-state index in [4.69, 9.17) is 15.3 Å². The van der Waals surface area contributed by atoms with Crippen molar-refractivity contribution in [3.63, 3.8) is 0 Å². The smallest absolute Gasteiger partial charge is 0.306 e. The molecule has 0 aromatic heterocycles. The van der Waals surface area contributed by atoms with Gasteiger partial charge >= 0.3 is 17.9 Å². The number of carboxylic acid groups (broad SMARTS) is 3. The number of carboxylic acids is 3. The highest BCUT2D eigenvalue weighted by Crippen LogP contribution is 2.29. The molecule has 2 fully saturated rings. The number of rotatable bonds is 3. The fourth-order valence-electron chi connectivity index (χ4n) is 2.99. The molecule has 0 saturated heterocycles. The zero-order valence-corrected chi connectivity index (χ0v) is 12.2. The van der Waals surface area contributed by atoms with Crippen LogP contribution in [-0.2, 0) is 14.4 Å². The van der Waals surface area contributed by atoms with E-state index in [2.05, 4.69) is 0 Å². The Hall–Kier alpha value is -1.59. The molecule has 2 rings (SSSR count). The average molecular weight is 300 g/mol. The lowest BCUT2D eigenvalue weighted by Crippen LogP contribution is -2.26. The Morgan fingerprint density at radius 2 is 0.952 bits per heavy atom. The Morgan fingerprint density at radius 1 is 0.571 bits per heavy atom. The first kappa shape index (κ1) is 17.5. The molecule has 21 heavy (non-hydrogen) atoms. The maximum absolute atomic E-state index is 10.5. The molecule has 2 aliphatic rings. The second kappa shape index (κ2) is 8.64. The summed E-state index contributed by atoms with van der Waals surface area (Å²) in [4.78, 5) is 31.4. The van der Waals surface area contributed by atoms with Crippen molar-refractivity contribution in [1.29, 1.82) is 0 Å². The summed E-state index contributed by atoms with van der Waals surface area (Å²) in [6.07, 6.45) is 7.50. The molecule has 0 aromatic rings. The molecule has 2 saturated carbocycles. The predicted molar refractivity (Wildman–Crippen MR) is 74.9 cm³/mol. The van der Waals surface area contributed by atoms with E-state index >= 15 is 0 Å². The summed E-state index contributed by atoms with van der Waals surface area (Å²) in [5.41, 5.74) is 0. The average Bonchev–Trinajstić information content (AvgIpc) is 2.49. The van der Waals surface area contributed by atoms with Crippen molar-refractivity contribution >= 4 is 17.9 Å². The van der Waals surface area contributed by atoms with Gasteiger partial charge in [0, 0.05) is 0 Å². The first-order valence-corrected chi connectivity index (χ1v) is 7.60. The van der Waals surface area contributed by atoms with Gasteiger partial charge in [-0.05, 0) is 32.1 Å². The van der Waals surface area contributed by atoms with E-state index in [-0.39, 0.29) is 5.92 Å². The van der Waals surface area contributed by atoms with E-state index in [1.807, 2.05) is 0 Å². The fourth-order valence-corrected chi connectivity index (χ4v) is 2.99. The van der Waals surface area contributed by atoms with E-state index in [0.29, 0.717) is 25.7 Å². The van der Waals surface area contributed by atoms with Crippen LogP contribution in [-0.4, -0.2) is 33.2 Å². The molecule has 0 unspecified atom stereocenters. The monoisotopic (exact) mass is 300 g/mol. The van der Waals surface area contributed by atoms with Crippen molar-refractivity contribution in [3.8, 4) is 0 Å². The quantitative estimate of drug-likeness (QED) is 0.738. The van der Waals surface area contributed by atoms with Gasteiger partial charge in [-0.25, -0.2) is 0 Å². The summed E-state index contributed by atoms with van der Waals surface area (Å²) in [6.45, 7) is 0. The zero-order chi connectivity index (χ0) is 15.8. The zero-order valence-electron chi connectivity index (χ0n) is 12.2. The molecule has 2 atom stereocenters. The minimum atomic E-state index is -0.860. The summed E-state index contributed by atoms with van der Waals surface area (Å²) < 4.78 is 0. The van der Waals surface area contributed by atoms with Crippen LogP contribution in [0.25, 0.3) is 0 Å². The minimum absolute atomic E-state index is 0.0289. The largest absolute Gasteiger partial charge is 0.481 e. The normalized spacial score (nSPS) is 26.3. The van der Waals surface area contributed by atoms with Gasteiger partial charge in [0.2, 0.25) is 0 Å². The Bertz CT molecular complexity index is 352. The SMILES string of the molecule is O=C(O)C1CCCCC1.O=C(O)[C@H]1CCC[C@H](C(=O)O)C1. The third-order valence-corrected chi connectivity index (χ3v) is 4.33. The van der Waals surface area contributed by atoms with Gasteiger partial charge in [0.25, 0.3) is 0 Å². The van der Waals surface area contributed by atoms with Crippen molar-refractivity contribution in [2.45, 2.75) is 57.8 Å². The van der Waals surface area contributed by atoms with Gasteiger partial charge in [0.05, 0.1) is 17.8 Å². The number of aliphatic carboxylic acids is 3. The van der Waals surface area contributed by atoms with Gasteiger partial charge in [-0.3, -0.25) is 14.4 Å². The third kappa shape index (κ3) is 6.14. The molecule has 0 spiro atoms. The highest BCUT2D eigenvalue weighted by molar-refractivity contribution is 5.74. The van der Waals surface area contributed by atoms with Gasteiger partial charge in [-0.15, -0.1) is 0 Å². The first-order chi connectivity index (χ1) is 9.91. The van der Waals surface area contributed by atoms with Gasteiger partial charge in [-0.2, -0.15) is 0 Å². The summed E-state index contributed by atoms with van der Waals surface area (Å²) in [7, 11) is 0. The summed E-state index contributed by atoms with van der Waals surface area (Å²) >= 11 is 0. The first-order valence-electron chi connectivity index (χ1n) is 7.60. The number of hydrogen-bond donors (Lipinski definition) is 3. The van der Waals surface area contributed by atoms with Crippen LogP contribution in [0.1, 0.15) is 57.8 Å². The molecule has 0 heterocycles. The molecule has 0 amide bonds. The highest BCUT2D eigenvalue weighted by atomic mass is 16.4. The molecular weight excluding hydrogens is 276 g/mol. The second-order valence-electron chi connectivity index (χ2n) is 5.91. The lowest BCUT2D eigenvalue weighted by molar-refractivity contribution is -0.148. The van der Waals surface area contributed by atoms with Crippen LogP contribution >= 0.6 is 0 Å². The van der Waals surface area contributed by atoms with Crippen molar-refractivity contribution in [3.05, 3.63) is 0 Å². The Morgan fingerprint density at radius 3 is 1.29 bits per heavy atom. The summed E-state index contributed by atoms with van der Waals surface area (Å²) in [6, 6.07) is 0. The van der Waals surface area contributed by atoms with Crippen LogP contribution < -0.4 is 0 Å². The van der Waals surface area contributed by atoms with Crippen LogP contribution in [0.3, 0.4) is 0 Å². The van der Waals surface area contributed by atoms with E-state index < -0.39 is 29.7 Å². The van der Waals surface area contributed by atoms with Gasteiger partial charge in [0.1, 0.15) is 0 Å². The molecule has 2 aliphatic carbocycles. The molecule has 0 aromatic carbocycles. The molecule has 0 bridgehead atoms. The number of hydrogen-bond acceptors (Lipinski definition) is 3. The van der Waals surface area contributed by atoms with Crippen molar-refractivity contribution in [1.82, 2.24) is 0 Å². The Balaban J connectivity index is 0.000000219. The maximum atomic E-state index is 10.5. The molecule has 3 N–H and O–H groups in total. The van der Waals surface area contributed by atoms with Crippen LogP contribution in [0.2, 0.25) is 0 Å². The molecule has 120 valence electrons. The maximum Gasteiger partial charge on any atom is 0.306 e. The lowest BCUT2D eigenvalue weighted by Gasteiger charge is -2.23. The topological polar surface area (TPSA) is 112 Å². The van der Waals surface area contributed by atoms with Crippen molar-refractivity contribution in [2.75, 3.05) is 0 Å². The van der Waals surface area contributed by atoms with E-state index in [9.17, 15) is 14.4 Å². The molecule has 0 aliphatic heterocycles. The molecule has 0 radical (unpaired) electrons. The van der Waals surface area contributed by atoms with E-state index in [1.54, 1.807) is 0 Å².